The van der Waals surface area contributed by atoms with Crippen molar-refractivity contribution in [1.82, 2.24) is 14.9 Å². The SMILES string of the molecule is CCCS(=O)(=O)N1CCC(NC(=NCCC(OCC)C(C)C)NCC)CC1. The lowest BCUT2D eigenvalue weighted by molar-refractivity contribution is 0.0266. The normalized spacial score (nSPS) is 18.7. The molecule has 1 aliphatic rings. The first-order chi connectivity index (χ1) is 12.8. The van der Waals surface area contributed by atoms with E-state index < -0.39 is 10.0 Å². The quantitative estimate of drug-likeness (QED) is 0.407. The maximum atomic E-state index is 12.2. The molecule has 0 aromatic carbocycles. The summed E-state index contributed by atoms with van der Waals surface area (Å²) in [6.07, 6.45) is 3.41. The summed E-state index contributed by atoms with van der Waals surface area (Å²) >= 11 is 0. The molecule has 27 heavy (non-hydrogen) atoms. The Morgan fingerprint density at radius 1 is 1.22 bits per heavy atom. The Bertz CT molecular complexity index is 529. The number of guanidine groups is 1. The molecule has 1 fully saturated rings. The molecule has 1 saturated heterocycles. The Morgan fingerprint density at radius 2 is 1.89 bits per heavy atom. The fourth-order valence-electron chi connectivity index (χ4n) is 3.31. The standard InChI is InChI=1S/C19H40N4O3S/c1-6-15-27(24,25)23-13-10-17(11-14-23)22-19(20-7-2)21-12-9-18(16(4)5)26-8-3/h16-18H,6-15H2,1-5H3,(H2,20,21,22). The average molecular weight is 405 g/mol. The van der Waals surface area contributed by atoms with E-state index in [0.717, 1.165) is 38.4 Å². The minimum Gasteiger partial charge on any atom is -0.378 e. The molecule has 0 bridgehead atoms. The molecule has 0 radical (unpaired) electrons. The van der Waals surface area contributed by atoms with Gasteiger partial charge in [-0.1, -0.05) is 20.8 Å². The molecule has 1 rings (SSSR count). The topological polar surface area (TPSA) is 83.0 Å². The number of sulfonamides is 1. The first kappa shape index (κ1) is 24.2. The molecule has 8 heteroatoms. The van der Waals surface area contributed by atoms with E-state index in [-0.39, 0.29) is 17.9 Å². The predicted octanol–water partition coefficient (Wildman–Crippen LogP) is 2.20. The number of nitrogens with zero attached hydrogens (tertiary/aromatic N) is 2. The van der Waals surface area contributed by atoms with Crippen molar-refractivity contribution in [1.29, 1.82) is 0 Å². The van der Waals surface area contributed by atoms with Crippen molar-refractivity contribution in [2.75, 3.05) is 38.5 Å². The minimum atomic E-state index is -3.09. The average Bonchev–Trinajstić information content (AvgIpc) is 2.61. The van der Waals surface area contributed by atoms with Gasteiger partial charge in [0, 0.05) is 38.8 Å². The molecule has 0 amide bonds. The highest BCUT2D eigenvalue weighted by molar-refractivity contribution is 7.89. The van der Waals surface area contributed by atoms with Crippen LogP contribution in [-0.2, 0) is 14.8 Å². The molecule has 0 saturated carbocycles. The monoisotopic (exact) mass is 404 g/mol. The van der Waals surface area contributed by atoms with E-state index in [0.29, 0.717) is 32.0 Å². The van der Waals surface area contributed by atoms with Gasteiger partial charge in [0.1, 0.15) is 0 Å². The largest absolute Gasteiger partial charge is 0.378 e. The van der Waals surface area contributed by atoms with E-state index >= 15 is 0 Å². The Hall–Kier alpha value is -0.860. The van der Waals surface area contributed by atoms with Crippen molar-refractivity contribution < 1.29 is 13.2 Å². The number of ether oxygens (including phenoxy) is 1. The maximum Gasteiger partial charge on any atom is 0.214 e. The van der Waals surface area contributed by atoms with Gasteiger partial charge in [-0.25, -0.2) is 12.7 Å². The van der Waals surface area contributed by atoms with E-state index in [9.17, 15) is 8.42 Å². The van der Waals surface area contributed by atoms with Gasteiger partial charge in [0.15, 0.2) is 5.96 Å². The third-order valence-electron chi connectivity index (χ3n) is 4.80. The molecular formula is C19H40N4O3S. The summed E-state index contributed by atoms with van der Waals surface area (Å²) in [5.74, 6) is 1.53. The van der Waals surface area contributed by atoms with Crippen LogP contribution in [0.15, 0.2) is 4.99 Å². The lowest BCUT2D eigenvalue weighted by Crippen LogP contribution is -2.50. The van der Waals surface area contributed by atoms with Crippen molar-refractivity contribution >= 4 is 16.0 Å². The fraction of sp³-hybridized carbons (Fsp3) is 0.947. The first-order valence-corrected chi connectivity index (χ1v) is 12.1. The smallest absolute Gasteiger partial charge is 0.214 e. The van der Waals surface area contributed by atoms with Crippen LogP contribution in [0, 0.1) is 5.92 Å². The van der Waals surface area contributed by atoms with Crippen LogP contribution in [0.2, 0.25) is 0 Å². The summed E-state index contributed by atoms with van der Waals surface area (Å²) in [6.45, 7) is 13.7. The molecule has 0 aromatic rings. The number of aliphatic imine (C=N–C) groups is 1. The van der Waals surface area contributed by atoms with Gasteiger partial charge in [0.05, 0.1) is 11.9 Å². The summed E-state index contributed by atoms with van der Waals surface area (Å²) in [7, 11) is -3.09. The van der Waals surface area contributed by atoms with Crippen molar-refractivity contribution in [3.8, 4) is 0 Å². The molecule has 160 valence electrons. The molecule has 0 aliphatic carbocycles. The summed E-state index contributed by atoms with van der Waals surface area (Å²) in [6, 6.07) is 0.253. The van der Waals surface area contributed by atoms with Crippen LogP contribution < -0.4 is 10.6 Å². The van der Waals surface area contributed by atoms with E-state index in [4.69, 9.17) is 9.73 Å². The second kappa shape index (κ2) is 12.6. The van der Waals surface area contributed by atoms with Crippen LogP contribution in [0.5, 0.6) is 0 Å². The lowest BCUT2D eigenvalue weighted by Gasteiger charge is -2.32. The van der Waals surface area contributed by atoms with E-state index in [1.54, 1.807) is 4.31 Å². The van der Waals surface area contributed by atoms with Gasteiger partial charge in [-0.3, -0.25) is 4.99 Å². The Morgan fingerprint density at radius 3 is 2.41 bits per heavy atom. The zero-order valence-corrected chi connectivity index (χ0v) is 18.6. The second-order valence-corrected chi connectivity index (χ2v) is 9.51. The first-order valence-electron chi connectivity index (χ1n) is 10.5. The van der Waals surface area contributed by atoms with Crippen molar-refractivity contribution in [2.45, 2.75) is 72.4 Å². The maximum absolute atomic E-state index is 12.2. The van der Waals surface area contributed by atoms with E-state index in [1.165, 1.54) is 0 Å². The van der Waals surface area contributed by atoms with Gasteiger partial charge >= 0.3 is 0 Å². The molecule has 1 aliphatic heterocycles. The zero-order valence-electron chi connectivity index (χ0n) is 17.8. The van der Waals surface area contributed by atoms with Crippen molar-refractivity contribution in [3.63, 3.8) is 0 Å². The van der Waals surface area contributed by atoms with E-state index in [1.807, 2.05) is 20.8 Å². The van der Waals surface area contributed by atoms with Crippen LogP contribution in [0.1, 0.15) is 60.3 Å². The highest BCUT2D eigenvalue weighted by atomic mass is 32.2. The van der Waals surface area contributed by atoms with Crippen LogP contribution in [0.4, 0.5) is 0 Å². The molecule has 0 aromatic heterocycles. The molecule has 7 nitrogen and oxygen atoms in total. The van der Waals surface area contributed by atoms with Crippen LogP contribution >= 0.6 is 0 Å². The summed E-state index contributed by atoms with van der Waals surface area (Å²) in [5.41, 5.74) is 0. The fourth-order valence-corrected chi connectivity index (χ4v) is 4.85. The number of rotatable bonds is 11. The second-order valence-electron chi connectivity index (χ2n) is 7.42. The molecule has 1 unspecified atom stereocenters. The molecular weight excluding hydrogens is 364 g/mol. The third kappa shape index (κ3) is 8.79. The lowest BCUT2D eigenvalue weighted by atomic mass is 10.0. The number of nitrogens with one attached hydrogen (secondary N) is 2. The third-order valence-corrected chi connectivity index (χ3v) is 6.88. The van der Waals surface area contributed by atoms with Gasteiger partial charge in [-0.15, -0.1) is 0 Å². The minimum absolute atomic E-state index is 0.230. The van der Waals surface area contributed by atoms with Crippen LogP contribution in [0.3, 0.4) is 0 Å². The Labute approximate surface area is 166 Å². The van der Waals surface area contributed by atoms with E-state index in [2.05, 4.69) is 24.5 Å². The van der Waals surface area contributed by atoms with Gasteiger partial charge in [-0.2, -0.15) is 0 Å². The summed E-state index contributed by atoms with van der Waals surface area (Å²) in [5, 5.41) is 6.77. The Kier molecular flexibility index (Phi) is 11.3. The number of hydrogen-bond donors (Lipinski definition) is 2. The Balaban J connectivity index is 2.53. The molecule has 0 spiro atoms. The van der Waals surface area contributed by atoms with Gasteiger partial charge in [0.2, 0.25) is 10.0 Å². The van der Waals surface area contributed by atoms with Gasteiger partial charge < -0.3 is 15.4 Å². The van der Waals surface area contributed by atoms with Crippen molar-refractivity contribution in [2.24, 2.45) is 10.9 Å². The molecule has 2 N–H and O–H groups in total. The highest BCUT2D eigenvalue weighted by Gasteiger charge is 2.27. The van der Waals surface area contributed by atoms with Gasteiger partial charge in [0.25, 0.3) is 0 Å². The predicted molar refractivity (Wildman–Crippen MR) is 113 cm³/mol. The number of hydrogen-bond acceptors (Lipinski definition) is 4. The van der Waals surface area contributed by atoms with Crippen molar-refractivity contribution in [3.05, 3.63) is 0 Å². The summed E-state index contributed by atoms with van der Waals surface area (Å²) in [4.78, 5) is 4.69. The molecule has 1 heterocycles. The zero-order chi connectivity index (χ0) is 20.3. The van der Waals surface area contributed by atoms with Crippen LogP contribution in [0.25, 0.3) is 0 Å². The highest BCUT2D eigenvalue weighted by Crippen LogP contribution is 2.15. The molecule has 1 atom stereocenters. The number of piperidine rings is 1. The van der Waals surface area contributed by atoms with Gasteiger partial charge in [-0.05, 0) is 45.4 Å². The summed E-state index contributed by atoms with van der Waals surface area (Å²) < 4.78 is 31.8. The van der Waals surface area contributed by atoms with Crippen LogP contribution in [-0.4, -0.2) is 69.4 Å².